The quantitative estimate of drug-likeness (QED) is 0.700. The summed E-state index contributed by atoms with van der Waals surface area (Å²) in [6.45, 7) is 0.860. The van der Waals surface area contributed by atoms with E-state index in [4.69, 9.17) is 4.84 Å². The summed E-state index contributed by atoms with van der Waals surface area (Å²) in [4.78, 5) is 4.98. The van der Waals surface area contributed by atoms with Crippen molar-refractivity contribution in [3.8, 4) is 0 Å². The van der Waals surface area contributed by atoms with Crippen LogP contribution in [0.4, 0.5) is 0 Å². The zero-order valence-electron chi connectivity index (χ0n) is 5.22. The van der Waals surface area contributed by atoms with Gasteiger partial charge in [0.25, 0.3) is 0 Å². The molecule has 0 radical (unpaired) electrons. The monoisotopic (exact) mass is 192 g/mol. The fourth-order valence-corrected chi connectivity index (χ4v) is 1.18. The number of hydrogen-bond donors (Lipinski definition) is 1. The normalized spacial score (nSPS) is 25.6. The predicted octanol–water partition coefficient (Wildman–Crippen LogP) is 0.703. The molecular formula is C5H9BrN2O. The number of hydrogen-bond acceptors (Lipinski definition) is 3. The van der Waals surface area contributed by atoms with Gasteiger partial charge in [-0.2, -0.15) is 0 Å². The highest BCUT2D eigenvalue weighted by molar-refractivity contribution is 9.18. The molecule has 1 aliphatic rings. The van der Waals surface area contributed by atoms with Crippen LogP contribution in [0.5, 0.6) is 0 Å². The van der Waals surface area contributed by atoms with Crippen LogP contribution in [-0.4, -0.2) is 24.3 Å². The van der Waals surface area contributed by atoms with Gasteiger partial charge in [0.1, 0.15) is 10.7 Å². The molecule has 1 aliphatic heterocycles. The van der Waals surface area contributed by atoms with Crippen LogP contribution in [0, 0.1) is 0 Å². The van der Waals surface area contributed by atoms with Gasteiger partial charge in [-0.25, -0.2) is 0 Å². The minimum absolute atomic E-state index is 0.226. The van der Waals surface area contributed by atoms with E-state index in [0.717, 1.165) is 17.6 Å². The van der Waals surface area contributed by atoms with Gasteiger partial charge in [-0.1, -0.05) is 5.16 Å². The van der Waals surface area contributed by atoms with Gasteiger partial charge in [-0.05, 0) is 23.0 Å². The standard InChI is InChI=1S/C5H9BrN2O/c1-7-3-4-2-5(6)8-9-4/h4,7H,2-3H2,1H3. The third-order valence-electron chi connectivity index (χ3n) is 1.13. The molecule has 0 aromatic carbocycles. The summed E-state index contributed by atoms with van der Waals surface area (Å²) in [6.07, 6.45) is 1.12. The molecule has 0 saturated heterocycles. The molecule has 9 heavy (non-hydrogen) atoms. The van der Waals surface area contributed by atoms with E-state index in [1.54, 1.807) is 0 Å². The number of rotatable bonds is 2. The molecule has 0 amide bonds. The van der Waals surface area contributed by atoms with Crippen LogP contribution in [0.3, 0.4) is 0 Å². The Morgan fingerprint density at radius 2 is 2.78 bits per heavy atom. The first-order valence-electron chi connectivity index (χ1n) is 2.85. The predicted molar refractivity (Wildman–Crippen MR) is 39.8 cm³/mol. The maximum Gasteiger partial charge on any atom is 0.146 e. The molecule has 1 N–H and O–H groups in total. The summed E-state index contributed by atoms with van der Waals surface area (Å²) in [5.74, 6) is 0. The topological polar surface area (TPSA) is 33.6 Å². The van der Waals surface area contributed by atoms with Gasteiger partial charge in [0.2, 0.25) is 0 Å². The van der Waals surface area contributed by atoms with Crippen LogP contribution < -0.4 is 5.32 Å². The van der Waals surface area contributed by atoms with E-state index in [-0.39, 0.29) is 6.10 Å². The van der Waals surface area contributed by atoms with E-state index in [9.17, 15) is 0 Å². The SMILES string of the molecule is CNCC1CC(Br)=NO1. The van der Waals surface area contributed by atoms with Gasteiger partial charge < -0.3 is 10.2 Å². The number of nitrogens with one attached hydrogen (secondary N) is 1. The van der Waals surface area contributed by atoms with Gasteiger partial charge in [-0.15, -0.1) is 0 Å². The zero-order valence-corrected chi connectivity index (χ0v) is 6.81. The van der Waals surface area contributed by atoms with Crippen molar-refractivity contribution in [1.29, 1.82) is 0 Å². The molecule has 0 aromatic rings. The average molecular weight is 193 g/mol. The molecule has 52 valence electrons. The molecule has 1 unspecified atom stereocenters. The van der Waals surface area contributed by atoms with Gasteiger partial charge in [0.15, 0.2) is 0 Å². The molecule has 0 spiro atoms. The van der Waals surface area contributed by atoms with Crippen molar-refractivity contribution >= 4 is 20.6 Å². The summed E-state index contributed by atoms with van der Waals surface area (Å²) in [5, 5.41) is 6.74. The van der Waals surface area contributed by atoms with Crippen molar-refractivity contribution < 1.29 is 4.84 Å². The molecular weight excluding hydrogens is 184 g/mol. The second-order valence-corrected chi connectivity index (χ2v) is 2.87. The van der Waals surface area contributed by atoms with Gasteiger partial charge in [-0.3, -0.25) is 0 Å². The molecule has 0 bridgehead atoms. The number of nitrogens with zero attached hydrogens (tertiary/aromatic N) is 1. The Balaban J connectivity index is 2.21. The maximum absolute atomic E-state index is 4.98. The maximum atomic E-state index is 4.98. The second kappa shape index (κ2) is 3.17. The smallest absolute Gasteiger partial charge is 0.146 e. The largest absolute Gasteiger partial charge is 0.390 e. The lowest BCUT2D eigenvalue weighted by atomic mass is 10.3. The minimum atomic E-state index is 0.226. The van der Waals surface area contributed by atoms with Crippen molar-refractivity contribution in [2.45, 2.75) is 12.5 Å². The summed E-state index contributed by atoms with van der Waals surface area (Å²) >= 11 is 3.25. The average Bonchev–Trinajstić information content (AvgIpc) is 2.17. The highest BCUT2D eigenvalue weighted by Crippen LogP contribution is 2.12. The molecule has 0 fully saturated rings. The molecule has 1 rings (SSSR count). The molecule has 0 saturated carbocycles. The number of likely N-dealkylation sites (N-methyl/N-ethyl adjacent to an activating group) is 1. The molecule has 0 aliphatic carbocycles. The highest BCUT2D eigenvalue weighted by Gasteiger charge is 2.17. The lowest BCUT2D eigenvalue weighted by Gasteiger charge is -2.04. The van der Waals surface area contributed by atoms with E-state index >= 15 is 0 Å². The summed E-state index contributed by atoms with van der Waals surface area (Å²) < 4.78 is 0.905. The molecule has 0 aromatic heterocycles. The van der Waals surface area contributed by atoms with Crippen LogP contribution in [0.15, 0.2) is 5.16 Å². The van der Waals surface area contributed by atoms with Crippen LogP contribution >= 0.6 is 15.9 Å². The first kappa shape index (κ1) is 7.02. The third kappa shape index (κ3) is 1.95. The highest BCUT2D eigenvalue weighted by atomic mass is 79.9. The lowest BCUT2D eigenvalue weighted by Crippen LogP contribution is -2.23. The summed E-state index contributed by atoms with van der Waals surface area (Å²) in [7, 11) is 1.90. The Labute approximate surface area is 62.6 Å². The van der Waals surface area contributed by atoms with E-state index in [2.05, 4.69) is 26.4 Å². The van der Waals surface area contributed by atoms with Gasteiger partial charge in [0, 0.05) is 13.0 Å². The van der Waals surface area contributed by atoms with Gasteiger partial charge >= 0.3 is 0 Å². The van der Waals surface area contributed by atoms with E-state index in [1.807, 2.05) is 7.05 Å². The van der Waals surface area contributed by atoms with Crippen molar-refractivity contribution in [3.63, 3.8) is 0 Å². The lowest BCUT2D eigenvalue weighted by molar-refractivity contribution is 0.0867. The fraction of sp³-hybridized carbons (Fsp3) is 0.800. The van der Waals surface area contributed by atoms with Crippen molar-refractivity contribution in [1.82, 2.24) is 5.32 Å². The van der Waals surface area contributed by atoms with Crippen molar-refractivity contribution in [2.75, 3.05) is 13.6 Å². The van der Waals surface area contributed by atoms with Crippen molar-refractivity contribution in [3.05, 3.63) is 0 Å². The molecule has 3 nitrogen and oxygen atoms in total. The minimum Gasteiger partial charge on any atom is -0.390 e. The zero-order chi connectivity index (χ0) is 6.69. The van der Waals surface area contributed by atoms with Crippen molar-refractivity contribution in [2.24, 2.45) is 5.16 Å². The molecule has 1 atom stereocenters. The molecule has 4 heteroatoms. The Kier molecular flexibility index (Phi) is 2.48. The summed E-state index contributed by atoms with van der Waals surface area (Å²) in [5.41, 5.74) is 0. The molecule has 1 heterocycles. The number of halogens is 1. The van der Waals surface area contributed by atoms with Crippen LogP contribution in [0.25, 0.3) is 0 Å². The first-order valence-corrected chi connectivity index (χ1v) is 3.65. The van der Waals surface area contributed by atoms with Gasteiger partial charge in [0.05, 0.1) is 0 Å². The summed E-state index contributed by atoms with van der Waals surface area (Å²) in [6, 6.07) is 0. The van der Waals surface area contributed by atoms with Crippen LogP contribution in [-0.2, 0) is 4.84 Å². The van der Waals surface area contributed by atoms with E-state index < -0.39 is 0 Å². The van der Waals surface area contributed by atoms with E-state index in [0.29, 0.717) is 0 Å². The Hall–Kier alpha value is -0.0900. The van der Waals surface area contributed by atoms with E-state index in [1.165, 1.54) is 0 Å². The first-order chi connectivity index (χ1) is 4.33. The van der Waals surface area contributed by atoms with Crippen LogP contribution in [0.1, 0.15) is 6.42 Å². The Bertz CT molecular complexity index is 126. The fourth-order valence-electron chi connectivity index (χ4n) is 0.731. The second-order valence-electron chi connectivity index (χ2n) is 1.96. The Morgan fingerprint density at radius 3 is 3.22 bits per heavy atom. The number of oxime groups is 1. The Morgan fingerprint density at radius 1 is 2.00 bits per heavy atom. The van der Waals surface area contributed by atoms with Crippen LogP contribution in [0.2, 0.25) is 0 Å². The third-order valence-corrected chi connectivity index (χ3v) is 1.60.